The van der Waals surface area contributed by atoms with Gasteiger partial charge in [0.15, 0.2) is 12.0 Å². The summed E-state index contributed by atoms with van der Waals surface area (Å²) in [5, 5.41) is 0.992. The average molecular weight is 384 g/mol. The first kappa shape index (κ1) is 17.9. The fourth-order valence-electron chi connectivity index (χ4n) is 2.84. The fourth-order valence-corrected chi connectivity index (χ4v) is 3.75. The molecule has 1 aromatic carbocycles. The number of carbonyl (C=O) groups excluding carboxylic acids is 1. The Morgan fingerprint density at radius 2 is 2.15 bits per heavy atom. The van der Waals surface area contributed by atoms with Gasteiger partial charge in [0.25, 0.3) is 5.91 Å². The van der Waals surface area contributed by atoms with Gasteiger partial charge in [0.1, 0.15) is 0 Å². The molecule has 1 amide bonds. The maximum Gasteiger partial charge on any atom is 0.293 e. The second kappa shape index (κ2) is 8.47. The second-order valence-corrected chi connectivity index (χ2v) is 7.39. The van der Waals surface area contributed by atoms with E-state index >= 15 is 0 Å². The molecule has 7 heteroatoms. The first-order valence-corrected chi connectivity index (χ1v) is 9.72. The van der Waals surface area contributed by atoms with Crippen molar-refractivity contribution in [3.05, 3.63) is 59.2 Å². The van der Waals surface area contributed by atoms with Crippen LogP contribution in [-0.2, 0) is 16.1 Å². The Hall–Kier alpha value is -2.48. The monoisotopic (exact) mass is 384 g/mol. The number of amides is 1. The number of rotatable bonds is 6. The summed E-state index contributed by atoms with van der Waals surface area (Å²) in [5.41, 5.74) is 3.51. The van der Waals surface area contributed by atoms with Crippen molar-refractivity contribution < 1.29 is 19.1 Å². The minimum Gasteiger partial charge on any atom is -0.379 e. The van der Waals surface area contributed by atoms with Crippen LogP contribution in [-0.4, -0.2) is 23.8 Å². The van der Waals surface area contributed by atoms with Gasteiger partial charge in [-0.15, -0.1) is 11.3 Å². The number of hydrogen-bond donors (Lipinski definition) is 1. The van der Waals surface area contributed by atoms with Crippen molar-refractivity contribution in [2.45, 2.75) is 32.2 Å². The largest absolute Gasteiger partial charge is 0.379 e. The van der Waals surface area contributed by atoms with Gasteiger partial charge < -0.3 is 14.3 Å². The highest BCUT2D eigenvalue weighted by atomic mass is 32.1. The molecular weight excluding hydrogens is 364 g/mol. The van der Waals surface area contributed by atoms with Gasteiger partial charge in [-0.2, -0.15) is 5.48 Å². The van der Waals surface area contributed by atoms with Crippen LogP contribution in [0.2, 0.25) is 0 Å². The smallest absolute Gasteiger partial charge is 0.293 e. The van der Waals surface area contributed by atoms with Crippen molar-refractivity contribution >= 4 is 27.3 Å². The number of ether oxygens (including phenoxy) is 2. The van der Waals surface area contributed by atoms with Gasteiger partial charge in [-0.05, 0) is 54.5 Å². The van der Waals surface area contributed by atoms with Crippen LogP contribution in [0.5, 0.6) is 5.75 Å². The molecule has 2 aromatic heterocycles. The van der Waals surface area contributed by atoms with Gasteiger partial charge in [-0.25, -0.2) is 0 Å². The third-order valence-electron chi connectivity index (χ3n) is 4.31. The highest BCUT2D eigenvalue weighted by Gasteiger charge is 2.14. The zero-order valence-electron chi connectivity index (χ0n) is 14.7. The highest BCUT2D eigenvalue weighted by Crippen LogP contribution is 2.24. The summed E-state index contributed by atoms with van der Waals surface area (Å²) in [7, 11) is 0. The zero-order chi connectivity index (χ0) is 18.5. The number of nitrogens with one attached hydrogen (secondary N) is 1. The standard InChI is InChI=1S/C20H20N2O4S/c23-20(17-11-15-8-9-21-12-18(15)27-17)22-26-16-6-4-14(5-7-16)13-25-19-3-1-2-10-24-19/h4-9,11-12,19H,1-3,10,13H2,(H,22,23). The number of carbonyl (C=O) groups is 1. The Bertz CT molecular complexity index is 871. The molecule has 4 rings (SSSR count). The van der Waals surface area contributed by atoms with Crippen LogP contribution in [0, 0.1) is 0 Å². The predicted octanol–water partition coefficient (Wildman–Crippen LogP) is 4.06. The van der Waals surface area contributed by atoms with E-state index in [1.54, 1.807) is 24.5 Å². The summed E-state index contributed by atoms with van der Waals surface area (Å²) in [6.45, 7) is 1.26. The van der Waals surface area contributed by atoms with Crippen molar-refractivity contribution in [2.24, 2.45) is 0 Å². The Balaban J connectivity index is 1.28. The van der Waals surface area contributed by atoms with E-state index in [0.29, 0.717) is 17.2 Å². The minimum absolute atomic E-state index is 0.106. The molecule has 0 aliphatic carbocycles. The second-order valence-electron chi connectivity index (χ2n) is 6.31. The number of hydrogen-bond acceptors (Lipinski definition) is 6. The quantitative estimate of drug-likeness (QED) is 0.649. The Labute approximate surface area is 161 Å². The van der Waals surface area contributed by atoms with Crippen molar-refractivity contribution in [2.75, 3.05) is 6.61 Å². The molecule has 1 fully saturated rings. The topological polar surface area (TPSA) is 69.7 Å². The van der Waals surface area contributed by atoms with Crippen LogP contribution < -0.4 is 10.3 Å². The molecule has 3 aromatic rings. The number of thiophene rings is 1. The van der Waals surface area contributed by atoms with Crippen molar-refractivity contribution in [3.63, 3.8) is 0 Å². The van der Waals surface area contributed by atoms with E-state index < -0.39 is 0 Å². The van der Waals surface area contributed by atoms with Gasteiger partial charge in [0.2, 0.25) is 0 Å². The highest BCUT2D eigenvalue weighted by molar-refractivity contribution is 7.20. The van der Waals surface area contributed by atoms with Gasteiger partial charge in [-0.1, -0.05) is 12.1 Å². The summed E-state index contributed by atoms with van der Waals surface area (Å²) in [6, 6.07) is 11.1. The third-order valence-corrected chi connectivity index (χ3v) is 5.39. The number of hydroxylamine groups is 1. The van der Waals surface area contributed by atoms with E-state index in [1.165, 1.54) is 11.3 Å². The van der Waals surface area contributed by atoms with E-state index in [9.17, 15) is 4.79 Å². The molecule has 1 saturated heterocycles. The van der Waals surface area contributed by atoms with E-state index in [0.717, 1.165) is 41.5 Å². The lowest BCUT2D eigenvalue weighted by atomic mass is 10.2. The molecular formula is C20H20N2O4S. The Morgan fingerprint density at radius 3 is 2.93 bits per heavy atom. The Kier molecular flexibility index (Phi) is 5.62. The first-order chi connectivity index (χ1) is 13.3. The summed E-state index contributed by atoms with van der Waals surface area (Å²) in [5.74, 6) is 0.279. The molecule has 1 N–H and O–H groups in total. The van der Waals surface area contributed by atoms with Crippen molar-refractivity contribution in [1.29, 1.82) is 0 Å². The normalized spacial score (nSPS) is 17.0. The molecule has 0 radical (unpaired) electrons. The first-order valence-electron chi connectivity index (χ1n) is 8.91. The maximum atomic E-state index is 12.3. The molecule has 1 aliphatic heterocycles. The fraction of sp³-hybridized carbons (Fsp3) is 0.300. The zero-order valence-corrected chi connectivity index (χ0v) is 15.5. The van der Waals surface area contributed by atoms with E-state index in [4.69, 9.17) is 14.3 Å². The average Bonchev–Trinajstić information content (AvgIpc) is 3.16. The third kappa shape index (κ3) is 4.63. The van der Waals surface area contributed by atoms with Gasteiger partial charge in [0, 0.05) is 19.0 Å². The van der Waals surface area contributed by atoms with Crippen LogP contribution in [0.1, 0.15) is 34.5 Å². The van der Waals surface area contributed by atoms with Crippen LogP contribution in [0.25, 0.3) is 10.1 Å². The number of benzene rings is 1. The summed E-state index contributed by atoms with van der Waals surface area (Å²) in [6.07, 6.45) is 6.55. The van der Waals surface area contributed by atoms with E-state index in [-0.39, 0.29) is 12.2 Å². The SMILES string of the molecule is O=C(NOc1ccc(COC2CCCCO2)cc1)c1cc2ccncc2s1. The lowest BCUT2D eigenvalue weighted by Gasteiger charge is -2.22. The molecule has 1 unspecified atom stereocenters. The van der Waals surface area contributed by atoms with Crippen molar-refractivity contribution in [1.82, 2.24) is 10.5 Å². The summed E-state index contributed by atoms with van der Waals surface area (Å²) >= 11 is 1.38. The van der Waals surface area contributed by atoms with Crippen LogP contribution in [0.3, 0.4) is 0 Å². The molecule has 1 aliphatic rings. The van der Waals surface area contributed by atoms with Crippen LogP contribution in [0.4, 0.5) is 0 Å². The number of fused-ring (bicyclic) bond motifs is 1. The van der Waals surface area contributed by atoms with Crippen molar-refractivity contribution in [3.8, 4) is 5.75 Å². The van der Waals surface area contributed by atoms with E-state index in [1.807, 2.05) is 24.3 Å². The molecule has 0 bridgehead atoms. The molecule has 27 heavy (non-hydrogen) atoms. The van der Waals surface area contributed by atoms with E-state index in [2.05, 4.69) is 10.5 Å². The molecule has 0 spiro atoms. The predicted molar refractivity (Wildman–Crippen MR) is 103 cm³/mol. The maximum absolute atomic E-state index is 12.3. The molecule has 140 valence electrons. The number of pyridine rings is 1. The lowest BCUT2D eigenvalue weighted by molar-refractivity contribution is -0.168. The summed E-state index contributed by atoms with van der Waals surface area (Å²) < 4.78 is 12.3. The molecule has 1 atom stereocenters. The summed E-state index contributed by atoms with van der Waals surface area (Å²) in [4.78, 5) is 22.3. The molecule has 6 nitrogen and oxygen atoms in total. The Morgan fingerprint density at radius 1 is 1.26 bits per heavy atom. The van der Waals surface area contributed by atoms with Gasteiger partial charge in [0.05, 0.1) is 16.2 Å². The molecule has 0 saturated carbocycles. The number of aromatic nitrogens is 1. The minimum atomic E-state index is -0.280. The number of nitrogens with zero attached hydrogens (tertiary/aromatic N) is 1. The van der Waals surface area contributed by atoms with Gasteiger partial charge >= 0.3 is 0 Å². The van der Waals surface area contributed by atoms with Crippen LogP contribution >= 0.6 is 11.3 Å². The lowest BCUT2D eigenvalue weighted by Crippen LogP contribution is -2.26. The van der Waals surface area contributed by atoms with Crippen LogP contribution in [0.15, 0.2) is 48.8 Å². The molecule has 3 heterocycles. The van der Waals surface area contributed by atoms with Gasteiger partial charge in [-0.3, -0.25) is 9.78 Å².